The summed E-state index contributed by atoms with van der Waals surface area (Å²) in [5.74, 6) is -2.71. The molecule has 1 saturated heterocycles. The number of nitrogens with zero attached hydrogens (tertiary/aromatic N) is 2. The number of thioether (sulfide) groups is 1. The molecule has 0 unspecified atom stereocenters. The Bertz CT molecular complexity index is 1170. The maximum atomic E-state index is 12.9. The molecule has 0 atom stereocenters. The highest BCUT2D eigenvalue weighted by Crippen LogP contribution is 2.42. The number of nitrogens with one attached hydrogen (secondary N) is 1. The zero-order valence-electron chi connectivity index (χ0n) is 15.0. The standard InChI is InChI=1S/C20H13N3O5S/c1-10(24)23-14-9-5-3-7-12(14)15(18(23)26)16-17(25)22-20(29-16)21-13-8-4-2-6-11(13)19(27)28/h2-9H,1H3,(H,27,28)(H,21,22,25). The second-order valence-electron chi connectivity index (χ2n) is 6.18. The molecule has 144 valence electrons. The molecule has 2 aliphatic rings. The van der Waals surface area contributed by atoms with Crippen LogP contribution in [0.5, 0.6) is 0 Å². The normalized spacial score (nSPS) is 19.5. The molecule has 3 amide bonds. The molecule has 1 fully saturated rings. The monoisotopic (exact) mass is 407 g/mol. The number of carboxylic acids is 1. The van der Waals surface area contributed by atoms with Gasteiger partial charge in [0.15, 0.2) is 5.17 Å². The van der Waals surface area contributed by atoms with E-state index in [-0.39, 0.29) is 26.9 Å². The van der Waals surface area contributed by atoms with Crippen LogP contribution in [0.25, 0.3) is 5.57 Å². The Labute approximate surface area is 168 Å². The van der Waals surface area contributed by atoms with E-state index in [4.69, 9.17) is 0 Å². The summed E-state index contributed by atoms with van der Waals surface area (Å²) in [5, 5.41) is 12.0. The minimum absolute atomic E-state index is 0.0130. The summed E-state index contributed by atoms with van der Waals surface area (Å²) in [5.41, 5.74) is 1.19. The lowest BCUT2D eigenvalue weighted by atomic mass is 10.1. The Kier molecular flexibility index (Phi) is 4.51. The quantitative estimate of drug-likeness (QED) is 0.739. The first-order valence-corrected chi connectivity index (χ1v) is 9.29. The van der Waals surface area contributed by atoms with Gasteiger partial charge >= 0.3 is 5.97 Å². The SMILES string of the molecule is CC(=O)N1C(=O)C(=C2SC(=Nc3ccccc3C(=O)O)NC2=O)c2ccccc21. The summed E-state index contributed by atoms with van der Waals surface area (Å²) in [6.45, 7) is 1.28. The van der Waals surface area contributed by atoms with E-state index in [0.29, 0.717) is 11.3 Å². The third-order valence-electron chi connectivity index (χ3n) is 4.36. The summed E-state index contributed by atoms with van der Waals surface area (Å²) in [4.78, 5) is 54.1. The molecule has 0 aromatic heterocycles. The number of hydrogen-bond acceptors (Lipinski definition) is 6. The second-order valence-corrected chi connectivity index (χ2v) is 7.18. The fourth-order valence-corrected chi connectivity index (χ4v) is 4.07. The first-order valence-electron chi connectivity index (χ1n) is 8.47. The Morgan fingerprint density at radius 3 is 2.48 bits per heavy atom. The third-order valence-corrected chi connectivity index (χ3v) is 5.34. The van der Waals surface area contributed by atoms with Crippen LogP contribution in [0.1, 0.15) is 22.8 Å². The van der Waals surface area contributed by atoms with E-state index in [2.05, 4.69) is 10.3 Å². The predicted molar refractivity (Wildman–Crippen MR) is 108 cm³/mol. The lowest BCUT2D eigenvalue weighted by Crippen LogP contribution is -2.31. The van der Waals surface area contributed by atoms with Crippen LogP contribution in [-0.2, 0) is 14.4 Å². The molecule has 2 aromatic rings. The first kappa shape index (κ1) is 18.6. The van der Waals surface area contributed by atoms with Gasteiger partial charge in [-0.3, -0.25) is 14.4 Å². The number of carboxylic acid groups (broad SMARTS) is 1. The van der Waals surface area contributed by atoms with E-state index in [0.717, 1.165) is 16.7 Å². The molecule has 0 radical (unpaired) electrons. The van der Waals surface area contributed by atoms with E-state index in [1.165, 1.54) is 19.1 Å². The van der Waals surface area contributed by atoms with Crippen LogP contribution < -0.4 is 10.2 Å². The first-order chi connectivity index (χ1) is 13.9. The highest BCUT2D eigenvalue weighted by atomic mass is 32.2. The highest BCUT2D eigenvalue weighted by Gasteiger charge is 2.40. The molecule has 8 nitrogen and oxygen atoms in total. The van der Waals surface area contributed by atoms with Crippen LogP contribution >= 0.6 is 11.8 Å². The summed E-state index contributed by atoms with van der Waals surface area (Å²) >= 11 is 0.930. The summed E-state index contributed by atoms with van der Waals surface area (Å²) in [7, 11) is 0. The molecule has 0 saturated carbocycles. The fraction of sp³-hybridized carbons (Fsp3) is 0.0500. The minimum Gasteiger partial charge on any atom is -0.478 e. The maximum Gasteiger partial charge on any atom is 0.337 e. The minimum atomic E-state index is -1.14. The molecular weight excluding hydrogens is 394 g/mol. The van der Waals surface area contributed by atoms with E-state index < -0.39 is 23.7 Å². The average Bonchev–Trinajstić information content (AvgIpc) is 3.17. The van der Waals surface area contributed by atoms with Crippen molar-refractivity contribution < 1.29 is 24.3 Å². The van der Waals surface area contributed by atoms with Gasteiger partial charge in [0.2, 0.25) is 5.91 Å². The van der Waals surface area contributed by atoms with Gasteiger partial charge in [0.25, 0.3) is 11.8 Å². The van der Waals surface area contributed by atoms with Gasteiger partial charge < -0.3 is 10.4 Å². The summed E-state index contributed by atoms with van der Waals surface area (Å²) in [6, 6.07) is 12.9. The van der Waals surface area contributed by atoms with Crippen molar-refractivity contribution in [2.75, 3.05) is 4.90 Å². The number of fused-ring (bicyclic) bond motifs is 1. The van der Waals surface area contributed by atoms with Gasteiger partial charge in [0.1, 0.15) is 0 Å². The Morgan fingerprint density at radius 2 is 1.76 bits per heavy atom. The van der Waals surface area contributed by atoms with Crippen LogP contribution in [0.15, 0.2) is 58.4 Å². The molecule has 0 aliphatic carbocycles. The van der Waals surface area contributed by atoms with Crippen molar-refractivity contribution in [1.82, 2.24) is 5.32 Å². The topological polar surface area (TPSA) is 116 Å². The number of para-hydroxylation sites is 2. The average molecular weight is 407 g/mol. The summed E-state index contributed by atoms with van der Waals surface area (Å²) in [6.07, 6.45) is 0. The molecule has 4 rings (SSSR count). The van der Waals surface area contributed by atoms with Gasteiger partial charge in [-0.25, -0.2) is 14.7 Å². The number of amides is 3. The largest absolute Gasteiger partial charge is 0.478 e. The lowest BCUT2D eigenvalue weighted by molar-refractivity contribution is -0.122. The number of carbonyl (C=O) groups excluding carboxylic acids is 3. The van der Waals surface area contributed by atoms with Crippen LogP contribution in [0.4, 0.5) is 11.4 Å². The number of hydrogen-bond donors (Lipinski definition) is 2. The second kappa shape index (κ2) is 7.02. The van der Waals surface area contributed by atoms with Crippen molar-refractivity contribution in [1.29, 1.82) is 0 Å². The van der Waals surface area contributed by atoms with Crippen LogP contribution in [0.3, 0.4) is 0 Å². The molecule has 2 aromatic carbocycles. The van der Waals surface area contributed by atoms with Gasteiger partial charge in [0, 0.05) is 12.5 Å². The molecular formula is C20H13N3O5S. The Hall–Kier alpha value is -3.72. The number of imide groups is 1. The van der Waals surface area contributed by atoms with E-state index in [9.17, 15) is 24.3 Å². The number of rotatable bonds is 2. The van der Waals surface area contributed by atoms with Gasteiger partial charge in [-0.15, -0.1) is 0 Å². The number of aromatic carboxylic acids is 1. The van der Waals surface area contributed by atoms with Crippen LogP contribution in [0.2, 0.25) is 0 Å². The van der Waals surface area contributed by atoms with Gasteiger partial charge in [0.05, 0.1) is 27.4 Å². The molecule has 29 heavy (non-hydrogen) atoms. The van der Waals surface area contributed by atoms with Gasteiger partial charge in [-0.1, -0.05) is 30.3 Å². The number of anilines is 1. The molecule has 2 aliphatic heterocycles. The number of aliphatic imine (C=N–C) groups is 1. The van der Waals surface area contributed by atoms with Crippen molar-refractivity contribution in [3.05, 3.63) is 64.6 Å². The van der Waals surface area contributed by atoms with Crippen molar-refractivity contribution in [3.63, 3.8) is 0 Å². The Balaban J connectivity index is 1.79. The van der Waals surface area contributed by atoms with Gasteiger partial charge in [-0.2, -0.15) is 0 Å². The van der Waals surface area contributed by atoms with Crippen LogP contribution in [0, 0.1) is 0 Å². The van der Waals surface area contributed by atoms with Crippen molar-refractivity contribution in [3.8, 4) is 0 Å². The molecule has 0 spiro atoms. The van der Waals surface area contributed by atoms with Crippen molar-refractivity contribution in [2.45, 2.75) is 6.92 Å². The van der Waals surface area contributed by atoms with E-state index in [1.807, 2.05) is 0 Å². The van der Waals surface area contributed by atoms with Crippen LogP contribution in [-0.4, -0.2) is 34.0 Å². The molecule has 2 N–H and O–H groups in total. The Morgan fingerprint density at radius 1 is 1.07 bits per heavy atom. The maximum absolute atomic E-state index is 12.9. The van der Waals surface area contributed by atoms with E-state index >= 15 is 0 Å². The lowest BCUT2D eigenvalue weighted by Gasteiger charge is -2.11. The highest BCUT2D eigenvalue weighted by molar-refractivity contribution is 8.18. The smallest absolute Gasteiger partial charge is 0.337 e. The van der Waals surface area contributed by atoms with Gasteiger partial charge in [-0.05, 0) is 30.0 Å². The predicted octanol–water partition coefficient (Wildman–Crippen LogP) is 2.54. The number of benzene rings is 2. The van der Waals surface area contributed by atoms with Crippen molar-refractivity contribution in [2.24, 2.45) is 4.99 Å². The van der Waals surface area contributed by atoms with Crippen molar-refractivity contribution >= 4 is 57.6 Å². The molecule has 0 bridgehead atoms. The zero-order chi connectivity index (χ0) is 20.7. The number of carbonyl (C=O) groups is 4. The van der Waals surface area contributed by atoms with E-state index in [1.54, 1.807) is 36.4 Å². The summed E-state index contributed by atoms with van der Waals surface area (Å²) < 4.78 is 0. The molecule has 9 heteroatoms. The molecule has 2 heterocycles. The number of amidine groups is 1. The third kappa shape index (κ3) is 3.11. The zero-order valence-corrected chi connectivity index (χ0v) is 15.8. The fourth-order valence-electron chi connectivity index (χ4n) is 3.15.